The van der Waals surface area contributed by atoms with Gasteiger partial charge in [-0.25, -0.2) is 0 Å². The molecule has 2 saturated heterocycles. The van der Waals surface area contributed by atoms with Crippen molar-refractivity contribution in [3.05, 3.63) is 59.7 Å². The number of nitrogens with one attached hydrogen (secondary N) is 1. The average Bonchev–Trinajstić information content (AvgIpc) is 2.91. The van der Waals surface area contributed by atoms with Crippen LogP contribution in [0.3, 0.4) is 0 Å². The molecular formula is C28H39N3O4. The minimum atomic E-state index is 0.123. The van der Waals surface area contributed by atoms with Crippen LogP contribution in [0.1, 0.15) is 30.4 Å². The molecule has 2 heterocycles. The van der Waals surface area contributed by atoms with Crippen LogP contribution in [0, 0.1) is 5.92 Å². The summed E-state index contributed by atoms with van der Waals surface area (Å²) >= 11 is 0. The Balaban J connectivity index is 1.17. The van der Waals surface area contributed by atoms with E-state index in [2.05, 4.69) is 39.4 Å². The number of hydrogen-bond acceptors (Lipinski definition) is 6. The number of hydrogen-bond donors (Lipinski definition) is 1. The van der Waals surface area contributed by atoms with Crippen molar-refractivity contribution in [1.29, 1.82) is 0 Å². The van der Waals surface area contributed by atoms with Gasteiger partial charge in [-0.3, -0.25) is 14.6 Å². The first-order valence-electron chi connectivity index (χ1n) is 12.8. The molecule has 7 heteroatoms. The van der Waals surface area contributed by atoms with Crippen molar-refractivity contribution in [3.8, 4) is 11.5 Å². The molecule has 2 aliphatic rings. The van der Waals surface area contributed by atoms with E-state index in [1.165, 1.54) is 5.56 Å². The Morgan fingerprint density at radius 1 is 0.971 bits per heavy atom. The fourth-order valence-electron chi connectivity index (χ4n) is 4.76. The quantitative estimate of drug-likeness (QED) is 0.497. The maximum Gasteiger partial charge on any atom is 0.223 e. The van der Waals surface area contributed by atoms with Gasteiger partial charge in [0, 0.05) is 32.1 Å². The van der Waals surface area contributed by atoms with E-state index in [-0.39, 0.29) is 11.8 Å². The number of likely N-dealkylation sites (tertiary alicyclic amines) is 1. The summed E-state index contributed by atoms with van der Waals surface area (Å²) in [4.78, 5) is 17.4. The number of rotatable bonds is 11. The zero-order chi connectivity index (χ0) is 24.3. The van der Waals surface area contributed by atoms with Gasteiger partial charge in [0.25, 0.3) is 0 Å². The molecule has 1 amide bonds. The highest BCUT2D eigenvalue weighted by Gasteiger charge is 2.25. The third-order valence-electron chi connectivity index (χ3n) is 6.88. The number of carbonyl (C=O) groups excluding carboxylic acids is 1. The van der Waals surface area contributed by atoms with E-state index in [1.54, 1.807) is 7.11 Å². The molecule has 35 heavy (non-hydrogen) atoms. The lowest BCUT2D eigenvalue weighted by Crippen LogP contribution is -2.41. The molecule has 0 atom stereocenters. The van der Waals surface area contributed by atoms with Crippen LogP contribution in [0.15, 0.2) is 48.5 Å². The lowest BCUT2D eigenvalue weighted by atomic mass is 9.95. The van der Waals surface area contributed by atoms with Crippen molar-refractivity contribution in [2.45, 2.75) is 32.4 Å². The molecular weight excluding hydrogens is 442 g/mol. The van der Waals surface area contributed by atoms with Gasteiger partial charge >= 0.3 is 0 Å². The Labute approximate surface area is 209 Å². The fraction of sp³-hybridized carbons (Fsp3) is 0.536. The summed E-state index contributed by atoms with van der Waals surface area (Å²) in [7, 11) is 1.68. The van der Waals surface area contributed by atoms with Crippen LogP contribution >= 0.6 is 0 Å². The van der Waals surface area contributed by atoms with Crippen LogP contribution in [0.2, 0.25) is 0 Å². The Morgan fingerprint density at radius 3 is 2.49 bits per heavy atom. The normalized spacial score (nSPS) is 17.7. The monoisotopic (exact) mass is 481 g/mol. The molecule has 2 aromatic rings. The number of morpholine rings is 1. The number of benzene rings is 2. The van der Waals surface area contributed by atoms with Crippen LogP contribution in [0.5, 0.6) is 11.5 Å². The Kier molecular flexibility index (Phi) is 9.81. The molecule has 0 radical (unpaired) electrons. The Morgan fingerprint density at radius 2 is 1.74 bits per heavy atom. The molecule has 190 valence electrons. The van der Waals surface area contributed by atoms with Gasteiger partial charge in [-0.1, -0.05) is 36.4 Å². The van der Waals surface area contributed by atoms with Crippen molar-refractivity contribution < 1.29 is 19.0 Å². The summed E-state index contributed by atoms with van der Waals surface area (Å²) in [5.41, 5.74) is 2.32. The van der Waals surface area contributed by atoms with Gasteiger partial charge < -0.3 is 19.5 Å². The van der Waals surface area contributed by atoms with Crippen LogP contribution in [0.4, 0.5) is 0 Å². The molecule has 2 fully saturated rings. The highest BCUT2D eigenvalue weighted by atomic mass is 16.5. The van der Waals surface area contributed by atoms with E-state index in [9.17, 15) is 4.79 Å². The third kappa shape index (κ3) is 7.95. The largest absolute Gasteiger partial charge is 0.493 e. The molecule has 1 N–H and O–H groups in total. The summed E-state index contributed by atoms with van der Waals surface area (Å²) < 4.78 is 17.0. The summed E-state index contributed by atoms with van der Waals surface area (Å²) in [6.45, 7) is 8.66. The first kappa shape index (κ1) is 25.5. The van der Waals surface area contributed by atoms with Crippen molar-refractivity contribution in [2.24, 2.45) is 5.92 Å². The van der Waals surface area contributed by atoms with Crippen molar-refractivity contribution in [2.75, 3.05) is 59.6 Å². The minimum absolute atomic E-state index is 0.123. The lowest BCUT2D eigenvalue weighted by Gasteiger charge is -2.31. The average molecular weight is 482 g/mol. The molecule has 0 aromatic heterocycles. The smallest absolute Gasteiger partial charge is 0.223 e. The van der Waals surface area contributed by atoms with E-state index in [4.69, 9.17) is 14.2 Å². The number of amides is 1. The molecule has 0 aliphatic carbocycles. The summed E-state index contributed by atoms with van der Waals surface area (Å²) in [6, 6.07) is 16.3. The van der Waals surface area contributed by atoms with Gasteiger partial charge in [-0.05, 0) is 62.2 Å². The maximum atomic E-state index is 12.6. The lowest BCUT2D eigenvalue weighted by molar-refractivity contribution is -0.126. The van der Waals surface area contributed by atoms with E-state index < -0.39 is 0 Å². The maximum absolute atomic E-state index is 12.6. The predicted molar refractivity (Wildman–Crippen MR) is 137 cm³/mol. The summed E-state index contributed by atoms with van der Waals surface area (Å²) in [5, 5.41) is 3.16. The number of piperidine rings is 1. The van der Waals surface area contributed by atoms with E-state index in [1.807, 2.05) is 24.3 Å². The first-order chi connectivity index (χ1) is 17.2. The van der Waals surface area contributed by atoms with Crippen LogP contribution in [-0.4, -0.2) is 75.3 Å². The van der Waals surface area contributed by atoms with Crippen LogP contribution in [0.25, 0.3) is 0 Å². The zero-order valence-corrected chi connectivity index (χ0v) is 20.9. The van der Waals surface area contributed by atoms with Crippen molar-refractivity contribution in [1.82, 2.24) is 15.1 Å². The topological polar surface area (TPSA) is 63.3 Å². The number of nitrogens with zero attached hydrogens (tertiary/aromatic N) is 2. The summed E-state index contributed by atoms with van der Waals surface area (Å²) in [6.07, 6.45) is 2.81. The summed E-state index contributed by atoms with van der Waals surface area (Å²) in [5.74, 6) is 1.85. The minimum Gasteiger partial charge on any atom is -0.493 e. The second-order valence-corrected chi connectivity index (χ2v) is 9.41. The van der Waals surface area contributed by atoms with Crippen LogP contribution < -0.4 is 14.8 Å². The number of methoxy groups -OCH3 is 1. The zero-order valence-electron chi connectivity index (χ0n) is 20.9. The molecule has 2 aliphatic heterocycles. The highest BCUT2D eigenvalue weighted by Crippen LogP contribution is 2.30. The number of carbonyl (C=O) groups is 1. The van der Waals surface area contributed by atoms with E-state index in [0.29, 0.717) is 6.61 Å². The third-order valence-corrected chi connectivity index (χ3v) is 6.88. The van der Waals surface area contributed by atoms with E-state index >= 15 is 0 Å². The number of ether oxygens (including phenoxy) is 3. The predicted octanol–water partition coefficient (Wildman–Crippen LogP) is 3.32. The van der Waals surface area contributed by atoms with Gasteiger partial charge in [-0.15, -0.1) is 0 Å². The Bertz CT molecular complexity index is 910. The first-order valence-corrected chi connectivity index (χ1v) is 12.8. The molecule has 0 spiro atoms. The molecule has 0 bridgehead atoms. The molecule has 0 saturated carbocycles. The van der Waals surface area contributed by atoms with Crippen LogP contribution in [-0.2, 0) is 22.7 Å². The van der Waals surface area contributed by atoms with Gasteiger partial charge in [0.2, 0.25) is 5.91 Å². The SMILES string of the molecule is COc1cc(CN2CCC(C(=O)NCCCN3CCOCC3)CC2)ccc1OCc1ccccc1. The van der Waals surface area contributed by atoms with Crippen molar-refractivity contribution >= 4 is 5.91 Å². The Hall–Kier alpha value is -2.61. The molecule has 4 rings (SSSR count). The fourth-order valence-corrected chi connectivity index (χ4v) is 4.76. The van der Waals surface area contributed by atoms with Gasteiger partial charge in [0.1, 0.15) is 6.61 Å². The second kappa shape index (κ2) is 13.5. The van der Waals surface area contributed by atoms with Gasteiger partial charge in [0.05, 0.1) is 20.3 Å². The standard InChI is InChI=1S/C28H39N3O4/c1-33-27-20-24(8-9-26(27)35-22-23-6-3-2-4-7-23)21-31-14-10-25(11-15-31)28(32)29-12-5-13-30-16-18-34-19-17-30/h2-4,6-9,20,25H,5,10-19,21-22H2,1H3,(H,29,32). The van der Waals surface area contributed by atoms with Gasteiger partial charge in [-0.2, -0.15) is 0 Å². The molecule has 7 nitrogen and oxygen atoms in total. The molecule has 0 unspecified atom stereocenters. The van der Waals surface area contributed by atoms with Crippen molar-refractivity contribution in [3.63, 3.8) is 0 Å². The van der Waals surface area contributed by atoms with E-state index in [0.717, 1.165) is 95.4 Å². The molecule has 2 aromatic carbocycles. The van der Waals surface area contributed by atoms with Gasteiger partial charge in [0.15, 0.2) is 11.5 Å². The highest BCUT2D eigenvalue weighted by molar-refractivity contribution is 5.78. The second-order valence-electron chi connectivity index (χ2n) is 9.41.